The number of rotatable bonds is 1. The number of fused-ring (bicyclic) bond motifs is 1. The van der Waals surface area contributed by atoms with E-state index in [0.717, 1.165) is 10.0 Å². The van der Waals surface area contributed by atoms with Crippen molar-refractivity contribution in [2.24, 2.45) is 0 Å². The van der Waals surface area contributed by atoms with E-state index < -0.39 is 0 Å². The fourth-order valence-electron chi connectivity index (χ4n) is 2.46. The van der Waals surface area contributed by atoms with Crippen LogP contribution in [0.5, 0.6) is 5.88 Å². The number of anilines is 1. The zero-order valence-corrected chi connectivity index (χ0v) is 13.3. The molecule has 3 heterocycles. The van der Waals surface area contributed by atoms with Crippen molar-refractivity contribution in [3.63, 3.8) is 0 Å². The fourth-order valence-corrected chi connectivity index (χ4v) is 3.44. The van der Waals surface area contributed by atoms with Gasteiger partial charge in [-0.1, -0.05) is 0 Å². The number of halogens is 2. The molecule has 2 aromatic heterocycles. The van der Waals surface area contributed by atoms with Crippen molar-refractivity contribution in [2.45, 2.75) is 12.3 Å². The lowest BCUT2D eigenvalue weighted by atomic mass is 9.93. The van der Waals surface area contributed by atoms with Gasteiger partial charge in [-0.2, -0.15) is 4.98 Å². The van der Waals surface area contributed by atoms with Gasteiger partial charge in [0, 0.05) is 18.0 Å². The molecule has 6 N–H and O–H groups in total. The Balaban J connectivity index is 2.20. The van der Waals surface area contributed by atoms with Crippen molar-refractivity contribution < 1.29 is 9.90 Å². The van der Waals surface area contributed by atoms with Crippen LogP contribution in [0.1, 0.15) is 34.1 Å². The van der Waals surface area contributed by atoms with Crippen molar-refractivity contribution in [2.75, 3.05) is 12.3 Å². The zero-order valence-electron chi connectivity index (χ0n) is 10.1. The Labute approximate surface area is 130 Å². The molecule has 0 radical (unpaired) electrons. The second-order valence-electron chi connectivity index (χ2n) is 4.50. The minimum Gasteiger partial charge on any atom is -0.492 e. The van der Waals surface area contributed by atoms with Crippen molar-refractivity contribution in [1.82, 2.24) is 20.3 Å². The maximum absolute atomic E-state index is 12.0. The van der Waals surface area contributed by atoms with E-state index in [-0.39, 0.29) is 23.7 Å². The lowest BCUT2D eigenvalue weighted by molar-refractivity contribution is 0.0951. The third-order valence-electron chi connectivity index (χ3n) is 3.31. The van der Waals surface area contributed by atoms with Crippen LogP contribution in [0.2, 0.25) is 0 Å². The quantitative estimate of drug-likeness (QED) is 0.497. The molecule has 1 unspecified atom stereocenters. The summed E-state index contributed by atoms with van der Waals surface area (Å²) in [5.41, 5.74) is 7.31. The minimum atomic E-state index is -0.217. The predicted molar refractivity (Wildman–Crippen MR) is 79.7 cm³/mol. The Morgan fingerprint density at radius 1 is 1.35 bits per heavy atom. The second-order valence-corrected chi connectivity index (χ2v) is 6.08. The van der Waals surface area contributed by atoms with Gasteiger partial charge in [-0.3, -0.25) is 4.79 Å². The number of H-pyrrole nitrogens is 2. The van der Waals surface area contributed by atoms with Crippen molar-refractivity contribution in [1.29, 1.82) is 0 Å². The number of nitrogens with one attached hydrogen (secondary N) is 3. The summed E-state index contributed by atoms with van der Waals surface area (Å²) in [7, 11) is 0. The number of carbonyl (C=O) groups is 1. The van der Waals surface area contributed by atoms with Crippen LogP contribution in [0, 0.1) is 0 Å². The van der Waals surface area contributed by atoms with E-state index in [2.05, 4.69) is 52.1 Å². The number of nitrogen functional groups attached to an aromatic ring is 1. The molecule has 0 aromatic carbocycles. The van der Waals surface area contributed by atoms with Gasteiger partial charge in [0.05, 0.1) is 14.8 Å². The summed E-state index contributed by atoms with van der Waals surface area (Å²) in [5.74, 6) is -0.392. The van der Waals surface area contributed by atoms with Crippen LogP contribution >= 0.6 is 31.9 Å². The normalized spacial score (nSPS) is 18.5. The van der Waals surface area contributed by atoms with Crippen LogP contribution in [0.4, 0.5) is 5.95 Å². The molecule has 106 valence electrons. The molecule has 0 saturated carbocycles. The number of imidazole rings is 1. The number of amides is 1. The summed E-state index contributed by atoms with van der Waals surface area (Å²) in [6.07, 6.45) is 0.622. The Hall–Kier alpha value is -1.48. The highest BCUT2D eigenvalue weighted by molar-refractivity contribution is 9.13. The predicted octanol–water partition coefficient (Wildman–Crippen LogP) is 1.82. The lowest BCUT2D eigenvalue weighted by Gasteiger charge is -2.13. The summed E-state index contributed by atoms with van der Waals surface area (Å²) in [6.45, 7) is 0.494. The van der Waals surface area contributed by atoms with Gasteiger partial charge in [0.2, 0.25) is 11.8 Å². The molecular formula is C11H11Br2N5O2. The smallest absolute Gasteiger partial charge is 0.268 e. The lowest BCUT2D eigenvalue weighted by Crippen LogP contribution is -2.23. The van der Waals surface area contributed by atoms with E-state index in [1.165, 1.54) is 0 Å². The van der Waals surface area contributed by atoms with E-state index in [9.17, 15) is 9.90 Å². The summed E-state index contributed by atoms with van der Waals surface area (Å²) >= 11 is 6.82. The molecule has 9 heteroatoms. The number of nitrogens with zero attached hydrogens (tertiary/aromatic N) is 1. The van der Waals surface area contributed by atoms with Crippen LogP contribution < -0.4 is 11.1 Å². The average Bonchev–Trinajstić information content (AvgIpc) is 2.81. The maximum Gasteiger partial charge on any atom is 0.268 e. The van der Waals surface area contributed by atoms with Crippen LogP contribution in [-0.2, 0) is 0 Å². The van der Waals surface area contributed by atoms with Crippen molar-refractivity contribution >= 4 is 43.7 Å². The summed E-state index contributed by atoms with van der Waals surface area (Å²) < 4.78 is 1.43. The Morgan fingerprint density at radius 2 is 2.10 bits per heavy atom. The topological polar surface area (TPSA) is 120 Å². The Kier molecular flexibility index (Phi) is 3.25. The van der Waals surface area contributed by atoms with Crippen molar-refractivity contribution in [3.8, 4) is 5.88 Å². The third-order valence-corrected chi connectivity index (χ3v) is 5.26. The largest absolute Gasteiger partial charge is 0.492 e. The first kappa shape index (κ1) is 13.5. The second kappa shape index (κ2) is 4.81. The third kappa shape index (κ3) is 2.01. The number of aromatic hydroxyl groups is 1. The molecule has 7 nitrogen and oxygen atoms in total. The zero-order chi connectivity index (χ0) is 14.4. The number of aromatic nitrogens is 3. The molecule has 1 amide bonds. The number of carbonyl (C=O) groups excluding carboxylic acids is 1. The van der Waals surface area contributed by atoms with E-state index in [1.54, 1.807) is 0 Å². The highest BCUT2D eigenvalue weighted by Crippen LogP contribution is 2.42. The first-order valence-electron chi connectivity index (χ1n) is 5.88. The van der Waals surface area contributed by atoms with Gasteiger partial charge in [-0.05, 0) is 38.3 Å². The molecular weight excluding hydrogens is 394 g/mol. The molecule has 1 atom stereocenters. The summed E-state index contributed by atoms with van der Waals surface area (Å²) in [4.78, 5) is 21.7. The van der Waals surface area contributed by atoms with Crippen LogP contribution in [0.15, 0.2) is 9.08 Å². The van der Waals surface area contributed by atoms with Gasteiger partial charge in [0.1, 0.15) is 5.69 Å². The fraction of sp³-hybridized carbons (Fsp3) is 0.273. The summed E-state index contributed by atoms with van der Waals surface area (Å²) in [5, 5.41) is 12.7. The van der Waals surface area contributed by atoms with Gasteiger partial charge in [-0.25, -0.2) is 0 Å². The molecule has 0 spiro atoms. The number of nitrogens with two attached hydrogens (primary N) is 1. The van der Waals surface area contributed by atoms with E-state index in [0.29, 0.717) is 29.0 Å². The van der Waals surface area contributed by atoms with Gasteiger partial charge >= 0.3 is 0 Å². The molecule has 1 aliphatic heterocycles. The summed E-state index contributed by atoms with van der Waals surface area (Å²) in [6, 6.07) is 0. The van der Waals surface area contributed by atoms with Crippen molar-refractivity contribution in [3.05, 3.63) is 26.0 Å². The molecule has 0 saturated heterocycles. The highest BCUT2D eigenvalue weighted by atomic mass is 79.9. The highest BCUT2D eigenvalue weighted by Gasteiger charge is 2.32. The SMILES string of the molecule is Nc1nc(O)c(C2CCNC(=O)c3[nH]c(Br)c(Br)c32)[nH]1. The van der Waals surface area contributed by atoms with Gasteiger partial charge in [-0.15, -0.1) is 0 Å². The van der Waals surface area contributed by atoms with Gasteiger partial charge < -0.3 is 26.1 Å². The van der Waals surface area contributed by atoms with Gasteiger partial charge in [0.25, 0.3) is 5.91 Å². The Morgan fingerprint density at radius 3 is 2.75 bits per heavy atom. The number of aromatic amines is 2. The van der Waals surface area contributed by atoms with E-state index >= 15 is 0 Å². The first-order chi connectivity index (χ1) is 9.49. The van der Waals surface area contributed by atoms with Crippen LogP contribution in [0.25, 0.3) is 0 Å². The van der Waals surface area contributed by atoms with E-state index in [4.69, 9.17) is 5.73 Å². The van der Waals surface area contributed by atoms with E-state index in [1.807, 2.05) is 0 Å². The molecule has 2 aromatic rings. The molecule has 0 bridgehead atoms. The maximum atomic E-state index is 12.0. The molecule has 3 rings (SSSR count). The van der Waals surface area contributed by atoms with Crippen LogP contribution in [-0.4, -0.2) is 32.5 Å². The molecule has 1 aliphatic rings. The minimum absolute atomic E-state index is 0.142. The van der Waals surface area contributed by atoms with Gasteiger partial charge in [0.15, 0.2) is 0 Å². The molecule has 0 aliphatic carbocycles. The van der Waals surface area contributed by atoms with Crippen LogP contribution in [0.3, 0.4) is 0 Å². The number of hydrogen-bond acceptors (Lipinski definition) is 4. The number of hydrogen-bond donors (Lipinski definition) is 5. The monoisotopic (exact) mass is 403 g/mol. The standard InChI is InChI=1S/C11H11Br2N5O2/c12-5-4-3(6-10(20)18-11(14)17-6)1-2-15-9(19)7(4)16-8(5)13/h3,16,20H,1-2H2,(H,15,19)(H3,14,17,18). The Bertz CT molecular complexity index is 693. The molecule has 20 heavy (non-hydrogen) atoms. The average molecular weight is 405 g/mol. The first-order valence-corrected chi connectivity index (χ1v) is 7.47. The molecule has 0 fully saturated rings.